The summed E-state index contributed by atoms with van der Waals surface area (Å²) in [6.45, 7) is 6.51. The van der Waals surface area contributed by atoms with Gasteiger partial charge in [0, 0.05) is 0 Å². The van der Waals surface area contributed by atoms with E-state index in [1.165, 1.54) is 22.3 Å². The minimum Gasteiger partial charge on any atom is -0.345 e. The van der Waals surface area contributed by atoms with Gasteiger partial charge in [-0.25, -0.2) is 0 Å². The van der Waals surface area contributed by atoms with E-state index in [2.05, 4.69) is 32.9 Å². The molecule has 0 bridgehead atoms. The van der Waals surface area contributed by atoms with Crippen molar-refractivity contribution in [2.24, 2.45) is 0 Å². The van der Waals surface area contributed by atoms with Gasteiger partial charge in [-0.05, 0) is 37.5 Å². The molecule has 0 aromatic heterocycles. The maximum Gasteiger partial charge on any atom is 0.505 e. The highest BCUT2D eigenvalue weighted by molar-refractivity contribution is 6.93. The highest BCUT2D eigenvalue weighted by atomic mass is 35.5. The summed E-state index contributed by atoms with van der Waals surface area (Å²) in [5.41, 5.74) is 5.61. The molecule has 1 aromatic rings. The molecule has 12 heavy (non-hydrogen) atoms. The molecule has 0 aliphatic rings. The smallest absolute Gasteiger partial charge is 0.345 e. The Morgan fingerprint density at radius 2 is 1.67 bits per heavy atom. The van der Waals surface area contributed by atoms with Gasteiger partial charge in [0.05, 0.1) is 0 Å². The number of benzene rings is 1. The monoisotopic (exact) mass is 192 g/mol. The zero-order valence-electron chi connectivity index (χ0n) is 7.95. The van der Waals surface area contributed by atoms with Crippen LogP contribution in [-0.2, 0) is 4.55 Å². The molecule has 0 spiro atoms. The molecule has 1 rings (SSSR count). The molecule has 0 aliphatic carbocycles. The van der Waals surface area contributed by atoms with Crippen LogP contribution in [0.15, 0.2) is 12.1 Å². The maximum atomic E-state index is 5.82. The van der Waals surface area contributed by atoms with Crippen LogP contribution in [-0.4, -0.2) is 19.3 Å². The quantitative estimate of drug-likeness (QED) is 0.633. The molecule has 0 N–H and O–H groups in total. The average Bonchev–Trinajstić information content (AvgIpc) is 2.01. The van der Waals surface area contributed by atoms with Crippen molar-refractivity contribution in [3.05, 3.63) is 34.4 Å². The van der Waals surface area contributed by atoms with Gasteiger partial charge in [0.15, 0.2) is 0 Å². The van der Waals surface area contributed by atoms with Gasteiger partial charge in [0.25, 0.3) is 0 Å². The molecule has 0 unspecified atom stereocenters. The first kappa shape index (κ1) is 10.4. The van der Waals surface area contributed by atoms with E-state index in [0.717, 1.165) is 4.55 Å². The standard InChI is InChI=1S/C10H13.ClH.Mg/c1-7-5-8(2)10(4)9(3)6-7;;/h5-6H,1H2,2-4H3;1H;/q;;+1/p-1. The van der Waals surface area contributed by atoms with E-state index in [0.29, 0.717) is 0 Å². The van der Waals surface area contributed by atoms with E-state index in [9.17, 15) is 0 Å². The summed E-state index contributed by atoms with van der Waals surface area (Å²) in [5.74, 6) is 0. The number of hydrogen-bond acceptors (Lipinski definition) is 0. The summed E-state index contributed by atoms with van der Waals surface area (Å²) in [7, 11) is 5.82. The molecule has 1 aromatic carbocycles. The Balaban J connectivity index is 3.04. The van der Waals surface area contributed by atoms with E-state index in [-0.39, 0.29) is 19.3 Å². The molecule has 0 aliphatic heterocycles. The van der Waals surface area contributed by atoms with Gasteiger partial charge in [-0.2, -0.15) is 0 Å². The van der Waals surface area contributed by atoms with Crippen LogP contribution in [0.3, 0.4) is 0 Å². The Kier molecular flexibility index (Phi) is 3.88. The summed E-state index contributed by atoms with van der Waals surface area (Å²) in [6, 6.07) is 4.52. The Hall–Kier alpha value is 0.276. The lowest BCUT2D eigenvalue weighted by Crippen LogP contribution is -1.94. The molecule has 0 heterocycles. The van der Waals surface area contributed by atoms with Gasteiger partial charge >= 0.3 is 19.3 Å². The van der Waals surface area contributed by atoms with Gasteiger partial charge in [0.2, 0.25) is 0 Å². The summed E-state index contributed by atoms with van der Waals surface area (Å²) in [5, 5.41) is 0. The zero-order valence-corrected chi connectivity index (χ0v) is 10.1. The van der Waals surface area contributed by atoms with Gasteiger partial charge in [-0.15, -0.1) is 0 Å². The van der Waals surface area contributed by atoms with Gasteiger partial charge in [-0.3, -0.25) is 0 Å². The Labute approximate surface area is 87.8 Å². The van der Waals surface area contributed by atoms with Crippen molar-refractivity contribution in [1.29, 1.82) is 0 Å². The van der Waals surface area contributed by atoms with Crippen molar-refractivity contribution in [2.75, 3.05) is 0 Å². The SMILES string of the molecule is Cc1cc([CH2][Mg][Cl])cc(C)c1C. The molecular weight excluding hydrogens is 180 g/mol. The fraction of sp³-hybridized carbons (Fsp3) is 0.400. The first-order valence-corrected chi connectivity index (χ1v) is 7.41. The lowest BCUT2D eigenvalue weighted by atomic mass is 10.0. The second-order valence-corrected chi connectivity index (χ2v) is 5.31. The van der Waals surface area contributed by atoms with E-state index in [1.807, 2.05) is 0 Å². The van der Waals surface area contributed by atoms with E-state index < -0.39 is 0 Å². The van der Waals surface area contributed by atoms with Crippen molar-refractivity contribution in [3.8, 4) is 0 Å². The Morgan fingerprint density at radius 1 is 1.17 bits per heavy atom. The molecule has 2 heteroatoms. The topological polar surface area (TPSA) is 0 Å². The van der Waals surface area contributed by atoms with Crippen LogP contribution in [0.25, 0.3) is 0 Å². The third kappa shape index (κ3) is 2.38. The third-order valence-electron chi connectivity index (χ3n) is 2.37. The summed E-state index contributed by atoms with van der Waals surface area (Å²) >= 11 is -0.356. The van der Waals surface area contributed by atoms with Crippen molar-refractivity contribution >= 4 is 28.3 Å². The molecule has 0 amide bonds. The Morgan fingerprint density at radius 3 is 2.08 bits per heavy atom. The predicted molar refractivity (Wildman–Crippen MR) is 56.0 cm³/mol. The van der Waals surface area contributed by atoms with Crippen LogP contribution < -0.4 is 0 Å². The number of aryl methyl sites for hydroxylation is 2. The lowest BCUT2D eigenvalue weighted by Gasteiger charge is -2.07. The van der Waals surface area contributed by atoms with Crippen LogP contribution in [0.1, 0.15) is 22.3 Å². The number of hydrogen-bond donors (Lipinski definition) is 0. The largest absolute Gasteiger partial charge is 0.505 e. The minimum atomic E-state index is -0.356. The third-order valence-corrected chi connectivity index (χ3v) is 3.70. The predicted octanol–water partition coefficient (Wildman–Crippen LogP) is 2.97. The van der Waals surface area contributed by atoms with Crippen molar-refractivity contribution in [1.82, 2.24) is 0 Å². The lowest BCUT2D eigenvalue weighted by molar-refractivity contribution is 1.22. The van der Waals surface area contributed by atoms with Crippen LogP contribution in [0, 0.1) is 20.8 Å². The summed E-state index contributed by atoms with van der Waals surface area (Å²) < 4.78 is 1.11. The second kappa shape index (κ2) is 4.49. The maximum absolute atomic E-state index is 5.82. The summed E-state index contributed by atoms with van der Waals surface area (Å²) in [4.78, 5) is 0. The molecule has 0 radical (unpaired) electrons. The highest BCUT2D eigenvalue weighted by Crippen LogP contribution is 2.15. The first-order valence-electron chi connectivity index (χ1n) is 4.28. The van der Waals surface area contributed by atoms with Crippen molar-refractivity contribution < 1.29 is 0 Å². The molecule has 0 fully saturated rings. The molecule has 0 saturated heterocycles. The summed E-state index contributed by atoms with van der Waals surface area (Å²) in [6.07, 6.45) is 0. The Bertz CT molecular complexity index is 258. The fourth-order valence-corrected chi connectivity index (χ4v) is 2.54. The second-order valence-electron chi connectivity index (χ2n) is 3.29. The van der Waals surface area contributed by atoms with E-state index in [4.69, 9.17) is 9.07 Å². The van der Waals surface area contributed by atoms with Crippen LogP contribution in [0.2, 0.25) is 0 Å². The van der Waals surface area contributed by atoms with Crippen LogP contribution >= 0.6 is 9.07 Å². The normalized spacial score (nSPS) is 9.67. The molecule has 0 nitrogen and oxygen atoms in total. The van der Waals surface area contributed by atoms with Gasteiger partial charge in [0.1, 0.15) is 0 Å². The molecular formula is C10H13ClMg. The number of rotatable bonds is 2. The minimum absolute atomic E-state index is 0.356. The van der Waals surface area contributed by atoms with E-state index in [1.54, 1.807) is 0 Å². The van der Waals surface area contributed by atoms with E-state index >= 15 is 0 Å². The van der Waals surface area contributed by atoms with Gasteiger partial charge < -0.3 is 9.07 Å². The first-order chi connectivity index (χ1) is 5.65. The van der Waals surface area contributed by atoms with Crippen molar-refractivity contribution in [3.63, 3.8) is 0 Å². The highest BCUT2D eigenvalue weighted by Gasteiger charge is 2.01. The fourth-order valence-electron chi connectivity index (χ4n) is 1.38. The van der Waals surface area contributed by atoms with Crippen molar-refractivity contribution in [2.45, 2.75) is 25.3 Å². The number of halogens is 1. The molecule has 0 saturated carbocycles. The average molecular weight is 193 g/mol. The van der Waals surface area contributed by atoms with Gasteiger partial charge in [-0.1, -0.05) is 22.2 Å². The van der Waals surface area contributed by atoms with Crippen LogP contribution in [0.5, 0.6) is 0 Å². The molecule has 62 valence electrons. The zero-order chi connectivity index (χ0) is 9.14. The van der Waals surface area contributed by atoms with Crippen LogP contribution in [0.4, 0.5) is 0 Å². The molecule has 0 atom stereocenters.